The summed E-state index contributed by atoms with van der Waals surface area (Å²) in [6.45, 7) is 11.6. The van der Waals surface area contributed by atoms with Gasteiger partial charge in [-0.2, -0.15) is 0 Å². The third-order valence-corrected chi connectivity index (χ3v) is 4.54. The molecule has 0 unspecified atom stereocenters. The highest BCUT2D eigenvalue weighted by Gasteiger charge is 2.14. The summed E-state index contributed by atoms with van der Waals surface area (Å²) in [5.74, 6) is 1.86. The smallest absolute Gasteiger partial charge is 0.274 e. The SMILES string of the molecule is CCN(CC)c1ccc(NC(=O)c2cc(Nc3cc(C)on3)nc(C)n2)c(C)c1. The van der Waals surface area contributed by atoms with Crippen LogP contribution in [0.25, 0.3) is 0 Å². The number of carbonyl (C=O) groups is 1. The van der Waals surface area contributed by atoms with E-state index in [9.17, 15) is 4.79 Å². The van der Waals surface area contributed by atoms with Gasteiger partial charge in [0.2, 0.25) is 0 Å². The van der Waals surface area contributed by atoms with Gasteiger partial charge in [-0.05, 0) is 58.4 Å². The molecule has 152 valence electrons. The molecule has 0 aliphatic rings. The Labute approximate surface area is 170 Å². The van der Waals surface area contributed by atoms with Crippen molar-refractivity contribution < 1.29 is 9.32 Å². The second-order valence-corrected chi connectivity index (χ2v) is 6.76. The molecule has 0 spiro atoms. The molecule has 2 N–H and O–H groups in total. The van der Waals surface area contributed by atoms with Crippen molar-refractivity contribution in [1.29, 1.82) is 0 Å². The van der Waals surface area contributed by atoms with Crippen molar-refractivity contribution in [2.24, 2.45) is 0 Å². The zero-order valence-electron chi connectivity index (χ0n) is 17.4. The first-order valence-electron chi connectivity index (χ1n) is 9.62. The summed E-state index contributed by atoms with van der Waals surface area (Å²) in [5.41, 5.74) is 3.15. The molecular weight excluding hydrogens is 368 g/mol. The zero-order valence-corrected chi connectivity index (χ0v) is 17.4. The lowest BCUT2D eigenvalue weighted by molar-refractivity contribution is 0.102. The molecule has 8 heteroatoms. The number of hydrogen-bond acceptors (Lipinski definition) is 7. The molecule has 3 aromatic rings. The third kappa shape index (κ3) is 4.90. The lowest BCUT2D eigenvalue weighted by atomic mass is 10.1. The van der Waals surface area contributed by atoms with Crippen LogP contribution in [0.15, 0.2) is 34.9 Å². The summed E-state index contributed by atoms with van der Waals surface area (Å²) in [7, 11) is 0. The van der Waals surface area contributed by atoms with Crippen LogP contribution in [0.5, 0.6) is 0 Å². The molecule has 0 fully saturated rings. The molecule has 0 bridgehead atoms. The fraction of sp³-hybridized carbons (Fsp3) is 0.333. The Balaban J connectivity index is 1.78. The Morgan fingerprint density at radius 2 is 1.79 bits per heavy atom. The van der Waals surface area contributed by atoms with E-state index >= 15 is 0 Å². The number of aromatic nitrogens is 3. The summed E-state index contributed by atoms with van der Waals surface area (Å²) in [6, 6.07) is 9.35. The molecule has 0 atom stereocenters. The number of hydrogen-bond donors (Lipinski definition) is 2. The molecule has 1 aromatic carbocycles. The predicted molar refractivity (Wildman–Crippen MR) is 114 cm³/mol. The Morgan fingerprint density at radius 1 is 1.03 bits per heavy atom. The van der Waals surface area contributed by atoms with Crippen molar-refractivity contribution in [1.82, 2.24) is 15.1 Å². The van der Waals surface area contributed by atoms with E-state index in [-0.39, 0.29) is 11.6 Å². The number of anilines is 4. The van der Waals surface area contributed by atoms with Gasteiger partial charge < -0.3 is 20.1 Å². The van der Waals surface area contributed by atoms with Gasteiger partial charge in [-0.15, -0.1) is 0 Å². The van der Waals surface area contributed by atoms with Gasteiger partial charge >= 0.3 is 0 Å². The average molecular weight is 394 g/mol. The van der Waals surface area contributed by atoms with Gasteiger partial charge in [-0.1, -0.05) is 5.16 Å². The quantitative estimate of drug-likeness (QED) is 0.619. The Hall–Kier alpha value is -3.42. The van der Waals surface area contributed by atoms with Crippen LogP contribution in [0.1, 0.15) is 41.5 Å². The zero-order chi connectivity index (χ0) is 21.0. The maximum Gasteiger partial charge on any atom is 0.274 e. The number of rotatable bonds is 7. The molecule has 1 amide bonds. The van der Waals surface area contributed by atoms with E-state index in [4.69, 9.17) is 4.52 Å². The number of nitrogens with zero attached hydrogens (tertiary/aromatic N) is 4. The average Bonchev–Trinajstić information content (AvgIpc) is 3.09. The number of benzene rings is 1. The van der Waals surface area contributed by atoms with E-state index in [0.717, 1.165) is 30.0 Å². The molecule has 0 aliphatic heterocycles. The van der Waals surface area contributed by atoms with Crippen LogP contribution >= 0.6 is 0 Å². The summed E-state index contributed by atoms with van der Waals surface area (Å²) in [6.07, 6.45) is 0. The molecule has 0 saturated carbocycles. The van der Waals surface area contributed by atoms with Crippen LogP contribution in [0.4, 0.5) is 23.0 Å². The van der Waals surface area contributed by atoms with Gasteiger partial charge in [0.25, 0.3) is 5.91 Å². The third-order valence-electron chi connectivity index (χ3n) is 4.54. The largest absolute Gasteiger partial charge is 0.372 e. The second-order valence-electron chi connectivity index (χ2n) is 6.76. The highest BCUT2D eigenvalue weighted by Crippen LogP contribution is 2.23. The normalized spacial score (nSPS) is 10.7. The lowest BCUT2D eigenvalue weighted by Gasteiger charge is -2.22. The topological polar surface area (TPSA) is 96.2 Å². The minimum atomic E-state index is -0.298. The van der Waals surface area contributed by atoms with Crippen LogP contribution in [0.3, 0.4) is 0 Å². The first-order valence-corrected chi connectivity index (χ1v) is 9.62. The van der Waals surface area contributed by atoms with E-state index in [1.54, 1.807) is 26.0 Å². The van der Waals surface area contributed by atoms with Crippen LogP contribution in [0, 0.1) is 20.8 Å². The second kappa shape index (κ2) is 8.72. The molecule has 3 rings (SSSR count). The van der Waals surface area contributed by atoms with Crippen molar-refractivity contribution in [3.05, 3.63) is 53.2 Å². The monoisotopic (exact) mass is 394 g/mol. The lowest BCUT2D eigenvalue weighted by Crippen LogP contribution is -2.22. The van der Waals surface area contributed by atoms with E-state index in [0.29, 0.717) is 23.2 Å². The Bertz CT molecular complexity index is 1010. The molecule has 2 heterocycles. The molecule has 2 aromatic heterocycles. The van der Waals surface area contributed by atoms with Crippen molar-refractivity contribution in [3.8, 4) is 0 Å². The fourth-order valence-corrected chi connectivity index (χ4v) is 3.06. The van der Waals surface area contributed by atoms with Gasteiger partial charge in [0.1, 0.15) is 23.1 Å². The molecule has 0 saturated heterocycles. The molecule has 0 aliphatic carbocycles. The Morgan fingerprint density at radius 3 is 2.41 bits per heavy atom. The first-order chi connectivity index (χ1) is 13.9. The standard InChI is InChI=1S/C21H26N6O2/c1-6-27(7-2)16-8-9-17(13(3)10-16)24-21(28)18-12-19(23-15(5)22-18)25-20-11-14(4)29-26-20/h8-12H,6-7H2,1-5H3,(H,24,28)(H,22,23,25,26). The maximum absolute atomic E-state index is 12.8. The van der Waals surface area contributed by atoms with Crippen LogP contribution < -0.4 is 15.5 Å². The number of amides is 1. The summed E-state index contributed by atoms with van der Waals surface area (Å²) >= 11 is 0. The number of nitrogens with one attached hydrogen (secondary N) is 2. The molecule has 29 heavy (non-hydrogen) atoms. The van der Waals surface area contributed by atoms with Crippen molar-refractivity contribution in [2.75, 3.05) is 28.6 Å². The van der Waals surface area contributed by atoms with Gasteiger partial charge in [0.15, 0.2) is 5.82 Å². The Kier molecular flexibility index (Phi) is 6.11. The van der Waals surface area contributed by atoms with E-state index < -0.39 is 0 Å². The van der Waals surface area contributed by atoms with Crippen LogP contribution in [-0.2, 0) is 0 Å². The van der Waals surface area contributed by atoms with Gasteiger partial charge in [0.05, 0.1) is 0 Å². The summed E-state index contributed by atoms with van der Waals surface area (Å²) in [4.78, 5) is 23.6. The summed E-state index contributed by atoms with van der Waals surface area (Å²) in [5, 5.41) is 9.85. The van der Waals surface area contributed by atoms with E-state index in [2.05, 4.69) is 50.6 Å². The highest BCUT2D eigenvalue weighted by molar-refractivity contribution is 6.03. The van der Waals surface area contributed by atoms with Gasteiger partial charge in [-0.3, -0.25) is 4.79 Å². The van der Waals surface area contributed by atoms with Gasteiger partial charge in [0, 0.05) is 36.6 Å². The van der Waals surface area contributed by atoms with E-state index in [1.807, 2.05) is 19.1 Å². The van der Waals surface area contributed by atoms with Crippen LogP contribution in [0.2, 0.25) is 0 Å². The highest BCUT2D eigenvalue weighted by atomic mass is 16.5. The minimum Gasteiger partial charge on any atom is -0.372 e. The van der Waals surface area contributed by atoms with Crippen molar-refractivity contribution in [3.63, 3.8) is 0 Å². The van der Waals surface area contributed by atoms with Crippen LogP contribution in [-0.4, -0.2) is 34.1 Å². The minimum absolute atomic E-state index is 0.271. The molecular formula is C21H26N6O2. The van der Waals surface area contributed by atoms with Crippen molar-refractivity contribution >= 4 is 28.9 Å². The molecule has 8 nitrogen and oxygen atoms in total. The fourth-order valence-electron chi connectivity index (χ4n) is 3.06. The predicted octanol–water partition coefficient (Wildman–Crippen LogP) is 4.23. The summed E-state index contributed by atoms with van der Waals surface area (Å²) < 4.78 is 5.04. The van der Waals surface area contributed by atoms with Crippen molar-refractivity contribution in [2.45, 2.75) is 34.6 Å². The van der Waals surface area contributed by atoms with E-state index in [1.165, 1.54) is 0 Å². The maximum atomic E-state index is 12.8. The number of aryl methyl sites for hydroxylation is 3. The molecule has 0 radical (unpaired) electrons. The number of carbonyl (C=O) groups excluding carboxylic acids is 1. The van der Waals surface area contributed by atoms with Gasteiger partial charge in [-0.25, -0.2) is 9.97 Å². The first kappa shape index (κ1) is 20.3.